The Bertz CT molecular complexity index is 408. The monoisotopic (exact) mass is 292 g/mol. The van der Waals surface area contributed by atoms with Gasteiger partial charge in [0.25, 0.3) is 0 Å². The minimum absolute atomic E-state index is 0.436. The average molecular weight is 292 g/mol. The van der Waals surface area contributed by atoms with E-state index in [1.807, 2.05) is 6.07 Å². The predicted octanol–water partition coefficient (Wildman–Crippen LogP) is 3.44. The summed E-state index contributed by atoms with van der Waals surface area (Å²) < 4.78 is 5.16. The van der Waals surface area contributed by atoms with Crippen LogP contribution in [0.5, 0.6) is 0 Å². The van der Waals surface area contributed by atoms with Crippen LogP contribution in [0, 0.1) is 5.92 Å². The summed E-state index contributed by atoms with van der Waals surface area (Å²) in [6.07, 6.45) is 6.75. The molecule has 21 heavy (non-hydrogen) atoms. The normalized spacial score (nSPS) is 17.5. The van der Waals surface area contributed by atoms with Crippen molar-refractivity contribution in [3.63, 3.8) is 0 Å². The van der Waals surface area contributed by atoms with Crippen molar-refractivity contribution < 1.29 is 4.74 Å². The van der Waals surface area contributed by atoms with Gasteiger partial charge in [-0.2, -0.15) is 0 Å². The first-order valence-electron chi connectivity index (χ1n) is 8.10. The summed E-state index contributed by atoms with van der Waals surface area (Å²) in [6.45, 7) is 5.61. The molecule has 1 aromatic heterocycles. The Kier molecular flexibility index (Phi) is 6.23. The lowest BCUT2D eigenvalue weighted by molar-refractivity contribution is 0.178. The summed E-state index contributed by atoms with van der Waals surface area (Å²) in [5, 5.41) is 6.82. The highest BCUT2D eigenvalue weighted by Crippen LogP contribution is 2.28. The van der Waals surface area contributed by atoms with Crippen LogP contribution in [-0.2, 0) is 11.3 Å². The lowest BCUT2D eigenvalue weighted by Crippen LogP contribution is -2.28. The fourth-order valence-corrected chi connectivity index (χ4v) is 3.02. The van der Waals surface area contributed by atoms with Crippen LogP contribution in [-0.4, -0.2) is 29.7 Å². The summed E-state index contributed by atoms with van der Waals surface area (Å²) in [5.41, 5.74) is 0. The molecular formula is C16H28N4O. The predicted molar refractivity (Wildman–Crippen MR) is 86.6 cm³/mol. The Morgan fingerprint density at radius 1 is 1.24 bits per heavy atom. The van der Waals surface area contributed by atoms with Gasteiger partial charge in [0.15, 0.2) is 5.82 Å². The third kappa shape index (κ3) is 4.84. The molecule has 0 saturated heterocycles. The van der Waals surface area contributed by atoms with Gasteiger partial charge in [-0.05, 0) is 32.6 Å². The van der Waals surface area contributed by atoms with Crippen molar-refractivity contribution in [2.45, 2.75) is 58.6 Å². The van der Waals surface area contributed by atoms with Crippen LogP contribution in [0.25, 0.3) is 0 Å². The van der Waals surface area contributed by atoms with Crippen molar-refractivity contribution in [2.75, 3.05) is 24.3 Å². The highest BCUT2D eigenvalue weighted by atomic mass is 16.5. The van der Waals surface area contributed by atoms with Crippen molar-refractivity contribution in [1.29, 1.82) is 0 Å². The maximum absolute atomic E-state index is 5.16. The van der Waals surface area contributed by atoms with Gasteiger partial charge in [0.1, 0.15) is 18.2 Å². The van der Waals surface area contributed by atoms with E-state index < -0.39 is 0 Å². The first-order chi connectivity index (χ1) is 10.2. The van der Waals surface area contributed by atoms with Gasteiger partial charge in [0, 0.05) is 25.8 Å². The van der Waals surface area contributed by atoms with Crippen molar-refractivity contribution in [3.05, 3.63) is 11.9 Å². The molecule has 1 saturated carbocycles. The number of aromatic nitrogens is 2. The zero-order chi connectivity index (χ0) is 15.1. The van der Waals surface area contributed by atoms with E-state index in [1.54, 1.807) is 7.11 Å². The Morgan fingerprint density at radius 2 is 1.95 bits per heavy atom. The van der Waals surface area contributed by atoms with Crippen molar-refractivity contribution in [3.8, 4) is 0 Å². The van der Waals surface area contributed by atoms with Gasteiger partial charge < -0.3 is 15.4 Å². The molecule has 0 aliphatic heterocycles. The van der Waals surface area contributed by atoms with Crippen LogP contribution in [0.3, 0.4) is 0 Å². The van der Waals surface area contributed by atoms with E-state index in [2.05, 4.69) is 34.4 Å². The second-order valence-electron chi connectivity index (χ2n) is 5.85. The summed E-state index contributed by atoms with van der Waals surface area (Å²) in [6, 6.07) is 2.44. The molecule has 1 aromatic rings. The molecule has 0 radical (unpaired) electrons. The van der Waals surface area contributed by atoms with Crippen molar-refractivity contribution >= 4 is 11.6 Å². The number of rotatable bonds is 7. The zero-order valence-electron chi connectivity index (χ0n) is 13.5. The molecule has 1 fully saturated rings. The summed E-state index contributed by atoms with van der Waals surface area (Å²) >= 11 is 0. The maximum Gasteiger partial charge on any atom is 0.158 e. The highest BCUT2D eigenvalue weighted by Gasteiger charge is 2.20. The number of methoxy groups -OCH3 is 1. The third-order valence-electron chi connectivity index (χ3n) is 4.14. The number of anilines is 2. The van der Waals surface area contributed by atoms with E-state index in [0.717, 1.165) is 24.1 Å². The molecule has 0 aromatic carbocycles. The Labute approximate surface area is 127 Å². The Balaban J connectivity index is 2.05. The van der Waals surface area contributed by atoms with Crippen LogP contribution in [0.4, 0.5) is 11.6 Å². The third-order valence-corrected chi connectivity index (χ3v) is 4.14. The second-order valence-corrected chi connectivity index (χ2v) is 5.85. The lowest BCUT2D eigenvalue weighted by Gasteiger charge is -2.28. The SMILES string of the molecule is CCNc1cc(NC(C)C2CCCCC2)nc(COC)n1. The molecule has 0 amide bonds. The summed E-state index contributed by atoms with van der Waals surface area (Å²) in [7, 11) is 1.67. The van der Waals surface area contributed by atoms with E-state index in [0.29, 0.717) is 18.5 Å². The fraction of sp³-hybridized carbons (Fsp3) is 0.750. The van der Waals surface area contributed by atoms with Gasteiger partial charge in [-0.25, -0.2) is 9.97 Å². The molecule has 1 aliphatic carbocycles. The minimum Gasteiger partial charge on any atom is -0.377 e. The molecular weight excluding hydrogens is 264 g/mol. The largest absolute Gasteiger partial charge is 0.377 e. The first kappa shape index (κ1) is 16.0. The Hall–Kier alpha value is -1.36. The lowest BCUT2D eigenvalue weighted by atomic mass is 9.84. The second kappa shape index (κ2) is 8.17. The van der Waals surface area contributed by atoms with E-state index in [1.165, 1.54) is 32.1 Å². The molecule has 1 heterocycles. The fourth-order valence-electron chi connectivity index (χ4n) is 3.02. The molecule has 0 spiro atoms. The standard InChI is InChI=1S/C16H28N4O/c1-4-17-14-10-15(20-16(19-14)11-21-3)18-12(2)13-8-6-5-7-9-13/h10,12-13H,4-9,11H2,1-3H3,(H2,17,18,19,20). The van der Waals surface area contributed by atoms with Gasteiger partial charge >= 0.3 is 0 Å². The molecule has 2 rings (SSSR count). The summed E-state index contributed by atoms with van der Waals surface area (Å²) in [4.78, 5) is 9.00. The van der Waals surface area contributed by atoms with Crippen LogP contribution in [0.1, 0.15) is 51.8 Å². The molecule has 1 unspecified atom stereocenters. The smallest absolute Gasteiger partial charge is 0.158 e. The van der Waals surface area contributed by atoms with Crippen molar-refractivity contribution in [2.24, 2.45) is 5.92 Å². The number of nitrogens with one attached hydrogen (secondary N) is 2. The van der Waals surface area contributed by atoms with Crippen LogP contribution < -0.4 is 10.6 Å². The van der Waals surface area contributed by atoms with Gasteiger partial charge in [-0.3, -0.25) is 0 Å². The number of ether oxygens (including phenoxy) is 1. The topological polar surface area (TPSA) is 59.1 Å². The zero-order valence-corrected chi connectivity index (χ0v) is 13.5. The number of hydrogen-bond acceptors (Lipinski definition) is 5. The molecule has 0 bridgehead atoms. The minimum atomic E-state index is 0.436. The molecule has 2 N–H and O–H groups in total. The van der Waals surface area contributed by atoms with Crippen molar-refractivity contribution in [1.82, 2.24) is 9.97 Å². The van der Waals surface area contributed by atoms with Gasteiger partial charge in [-0.15, -0.1) is 0 Å². The van der Waals surface area contributed by atoms with E-state index in [9.17, 15) is 0 Å². The first-order valence-corrected chi connectivity index (χ1v) is 8.10. The quantitative estimate of drug-likeness (QED) is 0.806. The molecule has 1 atom stereocenters. The number of hydrogen-bond donors (Lipinski definition) is 2. The molecule has 118 valence electrons. The molecule has 5 heteroatoms. The van der Waals surface area contributed by atoms with E-state index in [-0.39, 0.29) is 0 Å². The van der Waals surface area contributed by atoms with E-state index >= 15 is 0 Å². The average Bonchev–Trinajstić information content (AvgIpc) is 2.48. The van der Waals surface area contributed by atoms with Gasteiger partial charge in [0.2, 0.25) is 0 Å². The molecule has 1 aliphatic rings. The molecule has 5 nitrogen and oxygen atoms in total. The van der Waals surface area contributed by atoms with Crippen LogP contribution >= 0.6 is 0 Å². The Morgan fingerprint density at radius 3 is 2.62 bits per heavy atom. The summed E-state index contributed by atoms with van der Waals surface area (Å²) in [5.74, 6) is 3.22. The van der Waals surface area contributed by atoms with Gasteiger partial charge in [-0.1, -0.05) is 19.3 Å². The van der Waals surface area contributed by atoms with Crippen LogP contribution in [0.15, 0.2) is 6.07 Å². The maximum atomic E-state index is 5.16. The van der Waals surface area contributed by atoms with E-state index in [4.69, 9.17) is 4.74 Å². The van der Waals surface area contributed by atoms with Gasteiger partial charge in [0.05, 0.1) is 0 Å². The van der Waals surface area contributed by atoms with Crippen LogP contribution in [0.2, 0.25) is 0 Å². The number of nitrogens with zero attached hydrogens (tertiary/aromatic N) is 2. The highest BCUT2D eigenvalue weighted by molar-refractivity contribution is 5.48.